The highest BCUT2D eigenvalue weighted by atomic mass is 16.5. The van der Waals surface area contributed by atoms with Gasteiger partial charge in [0.25, 0.3) is 0 Å². The Labute approximate surface area is 123 Å². The van der Waals surface area contributed by atoms with Gasteiger partial charge in [0.15, 0.2) is 0 Å². The van der Waals surface area contributed by atoms with Crippen LogP contribution in [0.4, 0.5) is 0 Å². The van der Waals surface area contributed by atoms with Gasteiger partial charge < -0.3 is 10.5 Å². The first-order chi connectivity index (χ1) is 9.80. The molecular weight excluding hydrogens is 248 g/mol. The van der Waals surface area contributed by atoms with E-state index < -0.39 is 0 Å². The lowest BCUT2D eigenvalue weighted by molar-refractivity contribution is 0.157. The third-order valence-electron chi connectivity index (χ3n) is 4.59. The summed E-state index contributed by atoms with van der Waals surface area (Å²) in [5, 5.41) is 0. The highest BCUT2D eigenvalue weighted by molar-refractivity contribution is 5.26. The lowest BCUT2D eigenvalue weighted by Gasteiger charge is -2.32. The van der Waals surface area contributed by atoms with Crippen molar-refractivity contribution in [1.82, 2.24) is 4.90 Å². The molecule has 2 atom stereocenters. The van der Waals surface area contributed by atoms with Crippen LogP contribution in [0.1, 0.15) is 37.3 Å². The molecule has 112 valence electrons. The van der Waals surface area contributed by atoms with Crippen LogP contribution in [0, 0.1) is 5.92 Å². The van der Waals surface area contributed by atoms with Gasteiger partial charge >= 0.3 is 0 Å². The molecule has 1 fully saturated rings. The summed E-state index contributed by atoms with van der Waals surface area (Å²) in [6.45, 7) is 5.87. The number of nitrogens with zero attached hydrogens (tertiary/aromatic N) is 1. The predicted octanol–water partition coefficient (Wildman–Crippen LogP) is 2.78. The van der Waals surface area contributed by atoms with Crippen molar-refractivity contribution < 1.29 is 4.74 Å². The average molecular weight is 276 g/mol. The number of benzene rings is 1. The van der Waals surface area contributed by atoms with Crippen molar-refractivity contribution in [1.29, 1.82) is 0 Å². The Balaban J connectivity index is 2.10. The van der Waals surface area contributed by atoms with Crippen LogP contribution in [0.5, 0.6) is 0 Å². The fourth-order valence-corrected chi connectivity index (χ4v) is 3.46. The van der Waals surface area contributed by atoms with Gasteiger partial charge in [-0.2, -0.15) is 0 Å². The maximum atomic E-state index is 5.94. The second-order valence-corrected chi connectivity index (χ2v) is 5.76. The molecule has 0 amide bonds. The summed E-state index contributed by atoms with van der Waals surface area (Å²) < 4.78 is 5.31. The summed E-state index contributed by atoms with van der Waals surface area (Å²) in [4.78, 5) is 2.60. The molecule has 1 aromatic carbocycles. The van der Waals surface area contributed by atoms with E-state index in [4.69, 9.17) is 10.5 Å². The van der Waals surface area contributed by atoms with Crippen molar-refractivity contribution in [2.24, 2.45) is 11.7 Å². The van der Waals surface area contributed by atoms with Crippen molar-refractivity contribution in [2.45, 2.75) is 45.4 Å². The Hall–Kier alpha value is -0.900. The average Bonchev–Trinajstić information content (AvgIpc) is 2.95. The van der Waals surface area contributed by atoms with Gasteiger partial charge in [-0.05, 0) is 43.0 Å². The third-order valence-corrected chi connectivity index (χ3v) is 4.59. The molecule has 0 radical (unpaired) electrons. The van der Waals surface area contributed by atoms with Gasteiger partial charge in [-0.3, -0.25) is 4.90 Å². The Bertz CT molecular complexity index is 408. The van der Waals surface area contributed by atoms with Crippen LogP contribution in [-0.2, 0) is 17.9 Å². The topological polar surface area (TPSA) is 38.5 Å². The molecule has 2 rings (SSSR count). The minimum absolute atomic E-state index is 0.653. The van der Waals surface area contributed by atoms with E-state index >= 15 is 0 Å². The molecule has 2 unspecified atom stereocenters. The Morgan fingerprint density at radius 1 is 1.25 bits per heavy atom. The number of hydrogen-bond donors (Lipinski definition) is 1. The standard InChI is InChI=1S/C17H28N2O/c1-3-19(17-10-6-9-14(17)11-18)12-15-7-4-5-8-16(15)13-20-2/h4-5,7-8,14,17H,3,6,9-13,18H2,1-2H3. The van der Waals surface area contributed by atoms with Crippen LogP contribution >= 0.6 is 0 Å². The van der Waals surface area contributed by atoms with E-state index in [1.54, 1.807) is 7.11 Å². The Kier molecular flexibility index (Phi) is 6.02. The van der Waals surface area contributed by atoms with Crippen molar-refractivity contribution in [3.63, 3.8) is 0 Å². The van der Waals surface area contributed by atoms with E-state index in [0.717, 1.165) is 19.6 Å². The van der Waals surface area contributed by atoms with Gasteiger partial charge in [-0.15, -0.1) is 0 Å². The van der Waals surface area contributed by atoms with Crippen molar-refractivity contribution in [3.8, 4) is 0 Å². The van der Waals surface area contributed by atoms with Gasteiger partial charge in [-0.1, -0.05) is 37.6 Å². The zero-order chi connectivity index (χ0) is 14.4. The molecule has 1 aromatic rings. The van der Waals surface area contributed by atoms with Crippen molar-refractivity contribution in [2.75, 3.05) is 20.2 Å². The van der Waals surface area contributed by atoms with Gasteiger partial charge in [0.05, 0.1) is 6.61 Å². The molecule has 1 saturated carbocycles. The van der Waals surface area contributed by atoms with E-state index in [9.17, 15) is 0 Å². The van der Waals surface area contributed by atoms with E-state index in [0.29, 0.717) is 18.6 Å². The Morgan fingerprint density at radius 2 is 2.00 bits per heavy atom. The van der Waals surface area contributed by atoms with Crippen LogP contribution in [0.25, 0.3) is 0 Å². The van der Waals surface area contributed by atoms with E-state index in [-0.39, 0.29) is 0 Å². The largest absolute Gasteiger partial charge is 0.380 e. The fourth-order valence-electron chi connectivity index (χ4n) is 3.46. The maximum absolute atomic E-state index is 5.94. The maximum Gasteiger partial charge on any atom is 0.0716 e. The molecule has 0 spiro atoms. The molecule has 0 aromatic heterocycles. The first-order valence-electron chi connectivity index (χ1n) is 7.80. The fraction of sp³-hybridized carbons (Fsp3) is 0.647. The van der Waals surface area contributed by atoms with Crippen LogP contribution in [-0.4, -0.2) is 31.1 Å². The number of hydrogen-bond acceptors (Lipinski definition) is 3. The Morgan fingerprint density at radius 3 is 2.65 bits per heavy atom. The van der Waals surface area contributed by atoms with Crippen LogP contribution in [0.2, 0.25) is 0 Å². The number of rotatable bonds is 7. The quantitative estimate of drug-likeness (QED) is 0.832. The molecule has 3 nitrogen and oxygen atoms in total. The summed E-state index contributed by atoms with van der Waals surface area (Å²) in [6, 6.07) is 9.26. The van der Waals surface area contributed by atoms with Gasteiger partial charge in [0.2, 0.25) is 0 Å². The van der Waals surface area contributed by atoms with Gasteiger partial charge in [0, 0.05) is 19.7 Å². The zero-order valence-electron chi connectivity index (χ0n) is 12.8. The molecule has 0 bridgehead atoms. The number of methoxy groups -OCH3 is 1. The molecule has 20 heavy (non-hydrogen) atoms. The highest BCUT2D eigenvalue weighted by Crippen LogP contribution is 2.30. The molecular formula is C17H28N2O. The summed E-state index contributed by atoms with van der Waals surface area (Å²) in [5.41, 5.74) is 8.63. The van der Waals surface area contributed by atoms with Crippen LogP contribution in [0.3, 0.4) is 0 Å². The molecule has 3 heteroatoms. The molecule has 0 heterocycles. The predicted molar refractivity (Wildman–Crippen MR) is 83.4 cm³/mol. The van der Waals surface area contributed by atoms with Crippen LogP contribution in [0.15, 0.2) is 24.3 Å². The molecule has 1 aliphatic rings. The minimum atomic E-state index is 0.653. The van der Waals surface area contributed by atoms with E-state index in [1.165, 1.54) is 30.4 Å². The van der Waals surface area contributed by atoms with Crippen molar-refractivity contribution in [3.05, 3.63) is 35.4 Å². The number of nitrogens with two attached hydrogens (primary N) is 1. The van der Waals surface area contributed by atoms with E-state index in [1.807, 2.05) is 0 Å². The molecule has 1 aliphatic carbocycles. The second kappa shape index (κ2) is 7.77. The van der Waals surface area contributed by atoms with Crippen LogP contribution < -0.4 is 5.73 Å². The SMILES string of the molecule is CCN(Cc1ccccc1COC)C1CCCC1CN. The third kappa shape index (κ3) is 3.60. The monoisotopic (exact) mass is 276 g/mol. The summed E-state index contributed by atoms with van der Waals surface area (Å²) in [5.74, 6) is 0.671. The second-order valence-electron chi connectivity index (χ2n) is 5.76. The minimum Gasteiger partial charge on any atom is -0.380 e. The zero-order valence-corrected chi connectivity index (χ0v) is 12.8. The van der Waals surface area contributed by atoms with Gasteiger partial charge in [0.1, 0.15) is 0 Å². The normalized spacial score (nSPS) is 22.6. The number of ether oxygens (including phenoxy) is 1. The molecule has 0 saturated heterocycles. The van der Waals surface area contributed by atoms with Gasteiger partial charge in [-0.25, -0.2) is 0 Å². The van der Waals surface area contributed by atoms with Crippen molar-refractivity contribution >= 4 is 0 Å². The smallest absolute Gasteiger partial charge is 0.0716 e. The molecule has 2 N–H and O–H groups in total. The summed E-state index contributed by atoms with van der Waals surface area (Å²) in [6.07, 6.45) is 3.91. The molecule has 0 aliphatic heterocycles. The lowest BCUT2D eigenvalue weighted by Crippen LogP contribution is -2.40. The summed E-state index contributed by atoms with van der Waals surface area (Å²) >= 11 is 0. The first kappa shape index (κ1) is 15.5. The highest BCUT2D eigenvalue weighted by Gasteiger charge is 2.30. The summed E-state index contributed by atoms with van der Waals surface area (Å²) in [7, 11) is 1.76. The van der Waals surface area contributed by atoms with E-state index in [2.05, 4.69) is 36.1 Å². The lowest BCUT2D eigenvalue weighted by atomic mass is 10.0. The first-order valence-corrected chi connectivity index (χ1v) is 7.80.